The van der Waals surface area contributed by atoms with Gasteiger partial charge in [-0.2, -0.15) is 4.31 Å². The van der Waals surface area contributed by atoms with Crippen LogP contribution in [0, 0.1) is 5.92 Å². The molecule has 0 aliphatic heterocycles. The molecule has 0 spiro atoms. The summed E-state index contributed by atoms with van der Waals surface area (Å²) in [4.78, 5) is 12.7. The normalized spacial score (nSPS) is 12.4. The van der Waals surface area contributed by atoms with Crippen molar-refractivity contribution in [3.63, 3.8) is 0 Å². The molecule has 0 fully saturated rings. The molecule has 38 heavy (non-hydrogen) atoms. The monoisotopic (exact) mass is 540 g/mol. The number of hydrogen-bond acceptors (Lipinski definition) is 6. The Kier molecular flexibility index (Phi) is 10.7. The number of sulfonamides is 1. The quantitative estimate of drug-likeness (QED) is 0.224. The van der Waals surface area contributed by atoms with Crippen LogP contribution in [0.2, 0.25) is 0 Å². The minimum atomic E-state index is -4.02. The van der Waals surface area contributed by atoms with Gasteiger partial charge in [-0.15, -0.1) is 0 Å². The largest absolute Gasteiger partial charge is 0.497 e. The SMILES string of the molecule is COc1ccc(S(=O)(=O)N(CC(C)C)C(CCCc2ccc(OCc3ccccc3)cc2)C(=O)NO)cc1. The third-order valence-electron chi connectivity index (χ3n) is 6.09. The highest BCUT2D eigenvalue weighted by molar-refractivity contribution is 7.89. The zero-order chi connectivity index (χ0) is 27.5. The number of carbonyl (C=O) groups excluding carboxylic acids is 1. The number of nitrogens with one attached hydrogen (secondary N) is 1. The Bertz CT molecular complexity index is 1250. The molecule has 0 bridgehead atoms. The summed E-state index contributed by atoms with van der Waals surface area (Å²) in [5.41, 5.74) is 3.78. The lowest BCUT2D eigenvalue weighted by Gasteiger charge is -2.31. The molecule has 9 heteroatoms. The van der Waals surface area contributed by atoms with Crippen LogP contribution in [0.4, 0.5) is 0 Å². The number of rotatable bonds is 14. The number of aryl methyl sites for hydroxylation is 1. The molecule has 3 rings (SSSR count). The van der Waals surface area contributed by atoms with Crippen molar-refractivity contribution < 1.29 is 27.9 Å². The van der Waals surface area contributed by atoms with Crippen LogP contribution in [-0.2, 0) is 27.8 Å². The molecule has 0 heterocycles. The highest BCUT2D eigenvalue weighted by atomic mass is 32.2. The Hall–Kier alpha value is -3.40. The van der Waals surface area contributed by atoms with Crippen molar-refractivity contribution >= 4 is 15.9 Å². The van der Waals surface area contributed by atoms with E-state index in [0.29, 0.717) is 25.2 Å². The van der Waals surface area contributed by atoms with Crippen molar-refractivity contribution in [2.75, 3.05) is 13.7 Å². The van der Waals surface area contributed by atoms with Gasteiger partial charge in [-0.1, -0.05) is 56.3 Å². The maximum absolute atomic E-state index is 13.6. The molecule has 0 radical (unpaired) electrons. The van der Waals surface area contributed by atoms with Crippen molar-refractivity contribution in [3.05, 3.63) is 90.0 Å². The van der Waals surface area contributed by atoms with Crippen molar-refractivity contribution in [1.82, 2.24) is 9.79 Å². The average molecular weight is 541 g/mol. The van der Waals surface area contributed by atoms with Gasteiger partial charge in [0, 0.05) is 6.54 Å². The van der Waals surface area contributed by atoms with Crippen LogP contribution in [0.25, 0.3) is 0 Å². The van der Waals surface area contributed by atoms with Crippen LogP contribution < -0.4 is 15.0 Å². The first kappa shape index (κ1) is 29.2. The number of hydroxylamine groups is 1. The molecule has 204 valence electrons. The summed E-state index contributed by atoms with van der Waals surface area (Å²) in [6.07, 6.45) is 1.40. The lowest BCUT2D eigenvalue weighted by atomic mass is 10.0. The van der Waals surface area contributed by atoms with Crippen LogP contribution >= 0.6 is 0 Å². The van der Waals surface area contributed by atoms with Gasteiger partial charge >= 0.3 is 0 Å². The molecule has 0 aromatic heterocycles. The van der Waals surface area contributed by atoms with E-state index in [1.807, 2.05) is 68.4 Å². The fourth-order valence-corrected chi connectivity index (χ4v) is 5.89. The number of carbonyl (C=O) groups is 1. The molecule has 1 unspecified atom stereocenters. The number of amides is 1. The van der Waals surface area contributed by atoms with Gasteiger partial charge in [0.25, 0.3) is 5.91 Å². The molecule has 0 saturated carbocycles. The van der Waals surface area contributed by atoms with E-state index in [4.69, 9.17) is 9.47 Å². The number of ether oxygens (including phenoxy) is 2. The predicted octanol–water partition coefficient (Wildman–Crippen LogP) is 4.82. The van der Waals surface area contributed by atoms with E-state index < -0.39 is 22.0 Å². The minimum absolute atomic E-state index is 0.0413. The van der Waals surface area contributed by atoms with E-state index in [1.54, 1.807) is 17.6 Å². The Balaban J connectivity index is 1.69. The van der Waals surface area contributed by atoms with E-state index >= 15 is 0 Å². The van der Waals surface area contributed by atoms with Gasteiger partial charge in [0.15, 0.2) is 0 Å². The highest BCUT2D eigenvalue weighted by Gasteiger charge is 2.36. The minimum Gasteiger partial charge on any atom is -0.497 e. The van der Waals surface area contributed by atoms with Crippen molar-refractivity contribution in [3.8, 4) is 11.5 Å². The number of benzene rings is 3. The summed E-state index contributed by atoms with van der Waals surface area (Å²) in [7, 11) is -2.51. The topological polar surface area (TPSA) is 105 Å². The number of methoxy groups -OCH3 is 1. The average Bonchev–Trinajstić information content (AvgIpc) is 2.94. The van der Waals surface area contributed by atoms with E-state index in [1.165, 1.54) is 23.5 Å². The zero-order valence-corrected chi connectivity index (χ0v) is 22.9. The van der Waals surface area contributed by atoms with Crippen LogP contribution in [0.3, 0.4) is 0 Å². The van der Waals surface area contributed by atoms with Crippen LogP contribution in [0.5, 0.6) is 11.5 Å². The second kappa shape index (κ2) is 13.9. The first-order chi connectivity index (χ1) is 18.2. The summed E-state index contributed by atoms with van der Waals surface area (Å²) < 4.78 is 39.3. The molecule has 2 N–H and O–H groups in total. The van der Waals surface area contributed by atoms with Gasteiger partial charge in [0.2, 0.25) is 10.0 Å². The van der Waals surface area contributed by atoms with Gasteiger partial charge in [0.05, 0.1) is 12.0 Å². The van der Waals surface area contributed by atoms with E-state index in [9.17, 15) is 18.4 Å². The van der Waals surface area contributed by atoms with Crippen LogP contribution in [0.1, 0.15) is 37.8 Å². The van der Waals surface area contributed by atoms with E-state index in [-0.39, 0.29) is 23.8 Å². The van der Waals surface area contributed by atoms with Crippen LogP contribution in [-0.4, -0.2) is 43.5 Å². The summed E-state index contributed by atoms with van der Waals surface area (Å²) >= 11 is 0. The molecule has 3 aromatic carbocycles. The molecular weight excluding hydrogens is 504 g/mol. The summed E-state index contributed by atoms with van der Waals surface area (Å²) in [5.74, 6) is 0.483. The predicted molar refractivity (Wildman–Crippen MR) is 146 cm³/mol. The fourth-order valence-electron chi connectivity index (χ4n) is 4.11. The highest BCUT2D eigenvalue weighted by Crippen LogP contribution is 2.25. The van der Waals surface area contributed by atoms with Gasteiger partial charge in [-0.05, 0) is 72.7 Å². The third-order valence-corrected chi connectivity index (χ3v) is 7.98. The van der Waals surface area contributed by atoms with Gasteiger partial charge in [-0.3, -0.25) is 10.0 Å². The van der Waals surface area contributed by atoms with Gasteiger partial charge < -0.3 is 9.47 Å². The molecule has 1 atom stereocenters. The molecular formula is C29H36N2O6S. The second-order valence-electron chi connectivity index (χ2n) is 9.45. The van der Waals surface area contributed by atoms with Crippen LogP contribution in [0.15, 0.2) is 83.8 Å². The molecule has 1 amide bonds. The summed E-state index contributed by atoms with van der Waals surface area (Å²) in [6, 6.07) is 22.6. The first-order valence-electron chi connectivity index (χ1n) is 12.6. The van der Waals surface area contributed by atoms with E-state index in [2.05, 4.69) is 0 Å². The standard InChI is InChI=1S/C29H36N2O6S/c1-22(2)20-31(38(34,35)27-18-16-25(36-3)17-19-27)28(29(32)30-33)11-7-10-23-12-14-26(15-13-23)37-21-24-8-5-4-6-9-24/h4-6,8-9,12-19,22,28,33H,7,10-11,20-21H2,1-3H3,(H,30,32). The van der Waals surface area contributed by atoms with Gasteiger partial charge in [0.1, 0.15) is 24.1 Å². The zero-order valence-electron chi connectivity index (χ0n) is 22.0. The smallest absolute Gasteiger partial charge is 0.261 e. The maximum atomic E-state index is 13.6. The molecule has 0 aliphatic rings. The second-order valence-corrected chi connectivity index (χ2v) is 11.3. The maximum Gasteiger partial charge on any atom is 0.261 e. The fraction of sp³-hybridized carbons (Fsp3) is 0.345. The Labute approximate surface area is 225 Å². The van der Waals surface area contributed by atoms with Crippen molar-refractivity contribution in [2.24, 2.45) is 5.92 Å². The lowest BCUT2D eigenvalue weighted by molar-refractivity contribution is -0.133. The Morgan fingerprint density at radius 3 is 2.13 bits per heavy atom. The number of nitrogens with zero attached hydrogens (tertiary/aromatic N) is 1. The Morgan fingerprint density at radius 2 is 1.55 bits per heavy atom. The molecule has 0 saturated heterocycles. The lowest BCUT2D eigenvalue weighted by Crippen LogP contribution is -2.50. The van der Waals surface area contributed by atoms with E-state index in [0.717, 1.165) is 16.9 Å². The third kappa shape index (κ3) is 8.05. The van der Waals surface area contributed by atoms with Crippen molar-refractivity contribution in [2.45, 2.75) is 50.7 Å². The first-order valence-corrected chi connectivity index (χ1v) is 14.0. The number of hydrogen-bond donors (Lipinski definition) is 2. The summed E-state index contributed by atoms with van der Waals surface area (Å²) in [5, 5.41) is 9.42. The molecule has 8 nitrogen and oxygen atoms in total. The molecule has 3 aromatic rings. The van der Waals surface area contributed by atoms with Crippen molar-refractivity contribution in [1.29, 1.82) is 0 Å². The Morgan fingerprint density at radius 1 is 0.921 bits per heavy atom. The molecule has 0 aliphatic carbocycles. The summed E-state index contributed by atoms with van der Waals surface area (Å²) in [6.45, 7) is 4.37. The van der Waals surface area contributed by atoms with Gasteiger partial charge in [-0.25, -0.2) is 13.9 Å².